The van der Waals surface area contributed by atoms with E-state index in [0.29, 0.717) is 35.2 Å². The lowest BCUT2D eigenvalue weighted by molar-refractivity contribution is -0.137. The lowest BCUT2D eigenvalue weighted by Crippen LogP contribution is -2.25. The smallest absolute Gasteiger partial charge is 0.417 e. The quantitative estimate of drug-likeness (QED) is 0.536. The van der Waals surface area contributed by atoms with Crippen LogP contribution >= 0.6 is 11.3 Å². The Hall–Kier alpha value is -3.21. The first-order chi connectivity index (χ1) is 15.2. The van der Waals surface area contributed by atoms with E-state index in [1.54, 1.807) is 23.7 Å². The van der Waals surface area contributed by atoms with Crippen LogP contribution in [0.1, 0.15) is 32.3 Å². The Morgan fingerprint density at radius 2 is 2.03 bits per heavy atom. The Labute approximate surface area is 186 Å². The van der Waals surface area contributed by atoms with Crippen LogP contribution in [0, 0.1) is 0 Å². The zero-order valence-electron chi connectivity index (χ0n) is 17.3. The molecule has 3 aromatic heterocycles. The van der Waals surface area contributed by atoms with Gasteiger partial charge in [0.2, 0.25) is 5.91 Å². The number of amides is 1. The fourth-order valence-corrected chi connectivity index (χ4v) is 3.96. The molecule has 32 heavy (non-hydrogen) atoms. The molecule has 1 N–H and O–H groups in total. The molecule has 0 atom stereocenters. The molecular weight excluding hydrogens is 443 g/mol. The molecular formula is C21H20F3N5O2S. The third-order valence-electron chi connectivity index (χ3n) is 4.65. The number of pyridine rings is 2. The van der Waals surface area contributed by atoms with Crippen LogP contribution in [0.4, 0.5) is 29.8 Å². The number of aromatic nitrogens is 3. The van der Waals surface area contributed by atoms with Gasteiger partial charge in [-0.25, -0.2) is 9.97 Å². The summed E-state index contributed by atoms with van der Waals surface area (Å²) in [6, 6.07) is 4.46. The number of halogens is 3. The lowest BCUT2D eigenvalue weighted by atomic mass is 10.2. The van der Waals surface area contributed by atoms with Crippen molar-refractivity contribution in [2.45, 2.75) is 39.0 Å². The van der Waals surface area contributed by atoms with Gasteiger partial charge in [-0.15, -0.1) is 11.3 Å². The zero-order chi connectivity index (χ0) is 22.9. The second kappa shape index (κ2) is 8.73. The van der Waals surface area contributed by atoms with Crippen molar-refractivity contribution in [2.75, 3.05) is 16.8 Å². The number of anilines is 3. The van der Waals surface area contributed by atoms with Gasteiger partial charge in [-0.1, -0.05) is 0 Å². The molecule has 0 radical (unpaired) electrons. The highest BCUT2D eigenvalue weighted by Crippen LogP contribution is 2.37. The maximum Gasteiger partial charge on any atom is 0.417 e. The molecule has 4 rings (SSSR count). The average Bonchev–Trinajstić information content (AvgIpc) is 3.36. The van der Waals surface area contributed by atoms with Crippen molar-refractivity contribution in [3.8, 4) is 17.1 Å². The Morgan fingerprint density at radius 1 is 1.22 bits per heavy atom. The summed E-state index contributed by atoms with van der Waals surface area (Å²) in [6.45, 7) is 4.18. The molecule has 1 amide bonds. The minimum atomic E-state index is -4.56. The Balaban J connectivity index is 1.62. The van der Waals surface area contributed by atoms with E-state index < -0.39 is 11.7 Å². The molecule has 0 spiro atoms. The summed E-state index contributed by atoms with van der Waals surface area (Å²) in [5.74, 6) is 0.561. The van der Waals surface area contributed by atoms with Gasteiger partial charge in [-0.2, -0.15) is 13.2 Å². The molecule has 0 aliphatic carbocycles. The van der Waals surface area contributed by atoms with E-state index in [1.807, 2.05) is 13.8 Å². The van der Waals surface area contributed by atoms with Gasteiger partial charge in [0.05, 0.1) is 23.0 Å². The molecule has 3 aromatic rings. The molecule has 0 unspecified atom stereocenters. The summed E-state index contributed by atoms with van der Waals surface area (Å²) in [7, 11) is 0. The number of nitrogens with one attached hydrogen (secondary N) is 1. The van der Waals surface area contributed by atoms with E-state index in [1.165, 1.54) is 16.2 Å². The van der Waals surface area contributed by atoms with Crippen LogP contribution in [0.3, 0.4) is 0 Å². The highest BCUT2D eigenvalue weighted by molar-refractivity contribution is 7.14. The highest BCUT2D eigenvalue weighted by atomic mass is 32.1. The number of carbonyl (C=O) groups is 1. The average molecular weight is 463 g/mol. The molecule has 1 saturated heterocycles. The van der Waals surface area contributed by atoms with Crippen LogP contribution in [0.25, 0.3) is 11.4 Å². The van der Waals surface area contributed by atoms with E-state index in [9.17, 15) is 18.0 Å². The van der Waals surface area contributed by atoms with Gasteiger partial charge < -0.3 is 15.0 Å². The van der Waals surface area contributed by atoms with Gasteiger partial charge in [-0.05, 0) is 32.4 Å². The molecule has 1 fully saturated rings. The molecule has 168 valence electrons. The highest BCUT2D eigenvalue weighted by Gasteiger charge is 2.34. The van der Waals surface area contributed by atoms with Gasteiger partial charge in [-0.3, -0.25) is 9.78 Å². The van der Waals surface area contributed by atoms with Gasteiger partial charge >= 0.3 is 6.18 Å². The monoisotopic (exact) mass is 463 g/mol. The van der Waals surface area contributed by atoms with Crippen LogP contribution < -0.4 is 15.0 Å². The van der Waals surface area contributed by atoms with Crippen LogP contribution in [0.5, 0.6) is 5.75 Å². The third-order valence-corrected chi connectivity index (χ3v) is 5.41. The van der Waals surface area contributed by atoms with Crippen molar-refractivity contribution in [1.29, 1.82) is 0 Å². The molecule has 7 nitrogen and oxygen atoms in total. The van der Waals surface area contributed by atoms with E-state index in [4.69, 9.17) is 4.74 Å². The topological polar surface area (TPSA) is 80.2 Å². The van der Waals surface area contributed by atoms with Crippen LogP contribution in [0.2, 0.25) is 0 Å². The summed E-state index contributed by atoms with van der Waals surface area (Å²) >= 11 is 1.25. The number of hydrogen-bond acceptors (Lipinski definition) is 7. The molecule has 0 saturated carbocycles. The third kappa shape index (κ3) is 4.82. The first-order valence-corrected chi connectivity index (χ1v) is 10.8. The molecule has 0 aromatic carbocycles. The largest absolute Gasteiger partial charge is 0.491 e. The molecule has 4 heterocycles. The van der Waals surface area contributed by atoms with Gasteiger partial charge in [0.1, 0.15) is 11.4 Å². The molecule has 1 aliphatic rings. The van der Waals surface area contributed by atoms with Crippen LogP contribution in [-0.4, -0.2) is 33.5 Å². The van der Waals surface area contributed by atoms with E-state index in [2.05, 4.69) is 20.3 Å². The molecule has 1 aliphatic heterocycles. The Morgan fingerprint density at radius 3 is 2.72 bits per heavy atom. The Bertz CT molecular complexity index is 1130. The lowest BCUT2D eigenvalue weighted by Gasteiger charge is -2.20. The summed E-state index contributed by atoms with van der Waals surface area (Å²) < 4.78 is 45.3. The number of rotatable bonds is 6. The molecule has 0 bridgehead atoms. The maximum absolute atomic E-state index is 13.2. The van der Waals surface area contributed by atoms with E-state index >= 15 is 0 Å². The first-order valence-electron chi connectivity index (χ1n) is 9.94. The van der Waals surface area contributed by atoms with Gasteiger partial charge in [0.15, 0.2) is 10.9 Å². The van der Waals surface area contributed by atoms with Crippen molar-refractivity contribution >= 4 is 33.9 Å². The second-order valence-electron chi connectivity index (χ2n) is 7.44. The summed E-state index contributed by atoms with van der Waals surface area (Å²) in [6.07, 6.45) is -1.32. The predicted octanol–water partition coefficient (Wildman–Crippen LogP) is 5.28. The number of alkyl halides is 3. The van der Waals surface area contributed by atoms with Crippen molar-refractivity contribution in [2.24, 2.45) is 0 Å². The number of hydrogen-bond donors (Lipinski definition) is 1. The maximum atomic E-state index is 13.2. The predicted molar refractivity (Wildman–Crippen MR) is 115 cm³/mol. The summed E-state index contributed by atoms with van der Waals surface area (Å²) in [5, 5.41) is 5.15. The van der Waals surface area contributed by atoms with Crippen LogP contribution in [-0.2, 0) is 11.0 Å². The Kier molecular flexibility index (Phi) is 6.00. The fourth-order valence-electron chi connectivity index (χ4n) is 3.26. The summed E-state index contributed by atoms with van der Waals surface area (Å²) in [5.41, 5.74) is 0.355. The first kappa shape index (κ1) is 22.0. The number of thiazole rings is 1. The minimum Gasteiger partial charge on any atom is -0.491 e. The second-order valence-corrected chi connectivity index (χ2v) is 8.30. The summed E-state index contributed by atoms with van der Waals surface area (Å²) in [4.78, 5) is 26.3. The molecule has 11 heteroatoms. The van der Waals surface area contributed by atoms with Gasteiger partial charge in [0, 0.05) is 36.8 Å². The van der Waals surface area contributed by atoms with Gasteiger partial charge in [0.25, 0.3) is 0 Å². The normalized spacial score (nSPS) is 14.3. The number of nitrogens with zero attached hydrogens (tertiary/aromatic N) is 4. The zero-order valence-corrected chi connectivity index (χ0v) is 18.1. The number of carbonyl (C=O) groups excluding carboxylic acids is 1. The van der Waals surface area contributed by atoms with Crippen molar-refractivity contribution in [3.63, 3.8) is 0 Å². The number of ether oxygens (including phenoxy) is 1. The van der Waals surface area contributed by atoms with Crippen molar-refractivity contribution in [1.82, 2.24) is 15.0 Å². The van der Waals surface area contributed by atoms with Crippen LogP contribution in [0.15, 0.2) is 36.0 Å². The standard InChI is InChI=1S/C21H20F3N5O2S/c1-12(2)31-14-5-6-25-15(9-14)16-11-32-20(27-16)28-19-17(29-7-3-4-18(29)30)8-13(10-26-19)21(22,23)24/h5-6,8-12H,3-4,7H2,1-2H3,(H,26,27,28). The van der Waals surface area contributed by atoms with E-state index in [-0.39, 0.29) is 29.9 Å². The minimum absolute atomic E-state index is 0.00961. The van der Waals surface area contributed by atoms with Crippen molar-refractivity contribution < 1.29 is 22.7 Å². The van der Waals surface area contributed by atoms with Crippen molar-refractivity contribution in [3.05, 3.63) is 41.5 Å². The fraction of sp³-hybridized carbons (Fsp3) is 0.333. The van der Waals surface area contributed by atoms with E-state index in [0.717, 1.165) is 12.3 Å². The SMILES string of the molecule is CC(C)Oc1ccnc(-c2csc(Nc3ncc(C(F)(F)F)cc3N3CCCC3=O)n2)c1.